The lowest BCUT2D eigenvalue weighted by molar-refractivity contribution is 0.174. The van der Waals surface area contributed by atoms with Crippen molar-refractivity contribution in [3.05, 3.63) is 29.3 Å². The van der Waals surface area contributed by atoms with Crippen molar-refractivity contribution in [2.45, 2.75) is 32.4 Å². The highest BCUT2D eigenvalue weighted by molar-refractivity contribution is 7.13. The van der Waals surface area contributed by atoms with Crippen molar-refractivity contribution in [3.8, 4) is 22.1 Å². The van der Waals surface area contributed by atoms with Gasteiger partial charge in [0, 0.05) is 30.1 Å². The van der Waals surface area contributed by atoms with Gasteiger partial charge in [-0.2, -0.15) is 0 Å². The van der Waals surface area contributed by atoms with Crippen molar-refractivity contribution in [3.63, 3.8) is 0 Å². The van der Waals surface area contributed by atoms with Crippen LogP contribution < -0.4 is 14.8 Å². The molecule has 1 atom stereocenters. The Morgan fingerprint density at radius 1 is 1.33 bits per heavy atom. The molecule has 2 aromatic rings. The molecule has 4 rings (SSSR count). The van der Waals surface area contributed by atoms with Gasteiger partial charge in [-0.15, -0.1) is 11.3 Å². The molecule has 1 fully saturated rings. The van der Waals surface area contributed by atoms with E-state index in [-0.39, 0.29) is 0 Å². The summed E-state index contributed by atoms with van der Waals surface area (Å²) in [4.78, 5) is 7.32. The van der Waals surface area contributed by atoms with E-state index in [0.29, 0.717) is 12.8 Å². The first-order valence-electron chi connectivity index (χ1n) is 8.62. The maximum absolute atomic E-state index is 5.45. The summed E-state index contributed by atoms with van der Waals surface area (Å²) in [7, 11) is 0. The van der Waals surface area contributed by atoms with E-state index in [0.717, 1.165) is 47.4 Å². The second-order valence-electron chi connectivity index (χ2n) is 6.27. The van der Waals surface area contributed by atoms with Crippen LogP contribution in [0.4, 0.5) is 0 Å². The van der Waals surface area contributed by atoms with Crippen molar-refractivity contribution in [1.29, 1.82) is 0 Å². The predicted octanol–water partition coefficient (Wildman–Crippen LogP) is 3.11. The number of rotatable bonds is 6. The first kappa shape index (κ1) is 15.9. The van der Waals surface area contributed by atoms with E-state index in [1.54, 1.807) is 11.3 Å². The number of hydrogen-bond acceptors (Lipinski definition) is 6. The normalized spacial score (nSPS) is 20.0. The van der Waals surface area contributed by atoms with Crippen molar-refractivity contribution >= 4 is 11.3 Å². The van der Waals surface area contributed by atoms with Crippen LogP contribution in [-0.4, -0.2) is 42.4 Å². The van der Waals surface area contributed by atoms with Crippen molar-refractivity contribution < 1.29 is 9.47 Å². The monoisotopic (exact) mass is 345 g/mol. The van der Waals surface area contributed by atoms with Gasteiger partial charge in [0.2, 0.25) is 6.79 Å². The molecule has 128 valence electrons. The van der Waals surface area contributed by atoms with Crippen LogP contribution in [0.25, 0.3) is 10.6 Å². The van der Waals surface area contributed by atoms with Crippen LogP contribution in [0.3, 0.4) is 0 Å². The number of nitrogens with one attached hydrogen (secondary N) is 1. The lowest BCUT2D eigenvalue weighted by atomic mass is 10.2. The Morgan fingerprint density at radius 2 is 2.25 bits per heavy atom. The molecule has 2 aliphatic heterocycles. The molecular weight excluding hydrogens is 322 g/mol. The summed E-state index contributed by atoms with van der Waals surface area (Å²) in [6, 6.07) is 6.69. The molecule has 2 aliphatic rings. The van der Waals surface area contributed by atoms with Gasteiger partial charge in [0.15, 0.2) is 11.5 Å². The minimum absolute atomic E-state index is 0.307. The lowest BCUT2D eigenvalue weighted by Crippen LogP contribution is -2.37. The number of hydrogen-bond donors (Lipinski definition) is 1. The number of aromatic nitrogens is 1. The maximum atomic E-state index is 5.45. The standard InChI is InChI=1S/C18H23N3O2S/c1-2-21-7-3-4-15(21)10-19-9-14-11-24-18(20-14)13-5-6-16-17(8-13)23-12-22-16/h5-6,8,11,15,19H,2-4,7,9-10,12H2,1H3. The largest absolute Gasteiger partial charge is 0.454 e. The molecule has 1 unspecified atom stereocenters. The van der Waals surface area contributed by atoms with Gasteiger partial charge in [-0.3, -0.25) is 4.90 Å². The average Bonchev–Trinajstić information content (AvgIpc) is 3.34. The van der Waals surface area contributed by atoms with Gasteiger partial charge >= 0.3 is 0 Å². The highest BCUT2D eigenvalue weighted by atomic mass is 32.1. The number of fused-ring (bicyclic) bond motifs is 1. The molecule has 0 saturated carbocycles. The minimum atomic E-state index is 0.307. The van der Waals surface area contributed by atoms with Gasteiger partial charge in [-0.25, -0.2) is 4.98 Å². The van der Waals surface area contributed by atoms with Crippen LogP contribution in [0.2, 0.25) is 0 Å². The second-order valence-corrected chi connectivity index (χ2v) is 7.13. The summed E-state index contributed by atoms with van der Waals surface area (Å²) in [6.45, 7) is 6.82. The molecule has 0 bridgehead atoms. The number of likely N-dealkylation sites (N-methyl/N-ethyl adjacent to an activating group) is 1. The SMILES string of the molecule is CCN1CCCC1CNCc1csc(-c2ccc3c(c2)OCO3)n1. The zero-order chi connectivity index (χ0) is 16.4. The molecule has 1 aromatic carbocycles. The molecule has 1 aromatic heterocycles. The molecule has 0 radical (unpaired) electrons. The number of nitrogens with zero attached hydrogens (tertiary/aromatic N) is 2. The van der Waals surface area contributed by atoms with Gasteiger partial charge in [-0.05, 0) is 44.1 Å². The van der Waals surface area contributed by atoms with Gasteiger partial charge in [0.1, 0.15) is 5.01 Å². The zero-order valence-corrected chi connectivity index (χ0v) is 14.8. The summed E-state index contributed by atoms with van der Waals surface area (Å²) < 4.78 is 10.8. The Labute approximate surface area is 146 Å². The van der Waals surface area contributed by atoms with E-state index in [9.17, 15) is 0 Å². The molecule has 5 nitrogen and oxygen atoms in total. The van der Waals surface area contributed by atoms with E-state index >= 15 is 0 Å². The quantitative estimate of drug-likeness (QED) is 0.872. The van der Waals surface area contributed by atoms with Crippen LogP contribution in [-0.2, 0) is 6.54 Å². The van der Waals surface area contributed by atoms with Gasteiger partial charge in [0.25, 0.3) is 0 Å². The Balaban J connectivity index is 1.35. The van der Waals surface area contributed by atoms with E-state index in [4.69, 9.17) is 14.5 Å². The molecule has 3 heterocycles. The molecule has 1 saturated heterocycles. The fraction of sp³-hybridized carbons (Fsp3) is 0.500. The average molecular weight is 345 g/mol. The minimum Gasteiger partial charge on any atom is -0.454 e. The molecule has 1 N–H and O–H groups in total. The highest BCUT2D eigenvalue weighted by Gasteiger charge is 2.22. The van der Waals surface area contributed by atoms with Crippen molar-refractivity contribution in [1.82, 2.24) is 15.2 Å². The third-order valence-electron chi connectivity index (χ3n) is 4.76. The second kappa shape index (κ2) is 7.09. The fourth-order valence-corrected chi connectivity index (χ4v) is 4.28. The summed E-state index contributed by atoms with van der Waals surface area (Å²) in [6.07, 6.45) is 2.63. The molecule has 0 amide bonds. The van der Waals surface area contributed by atoms with Crippen molar-refractivity contribution in [2.24, 2.45) is 0 Å². The molecule has 6 heteroatoms. The maximum Gasteiger partial charge on any atom is 0.231 e. The Bertz CT molecular complexity index is 703. The summed E-state index contributed by atoms with van der Waals surface area (Å²) in [5.74, 6) is 1.62. The smallest absolute Gasteiger partial charge is 0.231 e. The van der Waals surface area contributed by atoms with Gasteiger partial charge < -0.3 is 14.8 Å². The molecule has 24 heavy (non-hydrogen) atoms. The third kappa shape index (κ3) is 3.27. The van der Waals surface area contributed by atoms with Gasteiger partial charge in [-0.1, -0.05) is 6.92 Å². The van der Waals surface area contributed by atoms with E-state index in [1.165, 1.54) is 19.4 Å². The zero-order valence-electron chi connectivity index (χ0n) is 14.0. The Kier molecular flexibility index (Phi) is 4.69. The molecule has 0 aliphatic carbocycles. The first-order chi connectivity index (χ1) is 11.8. The predicted molar refractivity (Wildman–Crippen MR) is 95.6 cm³/mol. The number of benzene rings is 1. The lowest BCUT2D eigenvalue weighted by Gasteiger charge is -2.22. The molecular formula is C18H23N3O2S. The summed E-state index contributed by atoms with van der Waals surface area (Å²) in [5, 5.41) is 6.74. The van der Waals surface area contributed by atoms with E-state index < -0.39 is 0 Å². The fourth-order valence-electron chi connectivity index (χ4n) is 3.46. The number of thiazole rings is 1. The van der Waals surface area contributed by atoms with Crippen LogP contribution in [0.1, 0.15) is 25.5 Å². The Hall–Kier alpha value is -1.63. The van der Waals surface area contributed by atoms with E-state index in [1.807, 2.05) is 18.2 Å². The summed E-state index contributed by atoms with van der Waals surface area (Å²) >= 11 is 1.68. The number of likely N-dealkylation sites (tertiary alicyclic amines) is 1. The molecule has 0 spiro atoms. The van der Waals surface area contributed by atoms with E-state index in [2.05, 4.69) is 22.5 Å². The van der Waals surface area contributed by atoms with Crippen LogP contribution >= 0.6 is 11.3 Å². The van der Waals surface area contributed by atoms with Gasteiger partial charge in [0.05, 0.1) is 5.69 Å². The van der Waals surface area contributed by atoms with Crippen molar-refractivity contribution in [2.75, 3.05) is 26.4 Å². The highest BCUT2D eigenvalue weighted by Crippen LogP contribution is 2.36. The topological polar surface area (TPSA) is 46.6 Å². The number of ether oxygens (including phenoxy) is 2. The summed E-state index contributed by atoms with van der Waals surface area (Å²) in [5.41, 5.74) is 2.19. The van der Waals surface area contributed by atoms with Crippen LogP contribution in [0.15, 0.2) is 23.6 Å². The first-order valence-corrected chi connectivity index (χ1v) is 9.50. The van der Waals surface area contributed by atoms with Crippen LogP contribution in [0.5, 0.6) is 11.5 Å². The Morgan fingerprint density at radius 3 is 3.17 bits per heavy atom. The third-order valence-corrected chi connectivity index (χ3v) is 5.70. The van der Waals surface area contributed by atoms with Crippen LogP contribution in [0, 0.1) is 0 Å².